The molecule has 0 aliphatic heterocycles. The van der Waals surface area contributed by atoms with Crippen molar-refractivity contribution in [2.24, 2.45) is 0 Å². The Morgan fingerprint density at radius 3 is 2.76 bits per heavy atom. The smallest absolute Gasteiger partial charge is 0.321 e. The SMILES string of the molecule is CS(=O)(=O)c1ccc2nc(NC(=O)NC3CCC3)sc2c1. The number of hydrogen-bond acceptors (Lipinski definition) is 5. The van der Waals surface area contributed by atoms with E-state index in [1.807, 2.05) is 0 Å². The van der Waals surface area contributed by atoms with Crippen LogP contribution in [-0.4, -0.2) is 31.7 Å². The number of benzene rings is 1. The Labute approximate surface area is 126 Å². The molecule has 21 heavy (non-hydrogen) atoms. The van der Waals surface area contributed by atoms with Crippen molar-refractivity contribution < 1.29 is 13.2 Å². The normalized spacial score (nSPS) is 15.7. The summed E-state index contributed by atoms with van der Waals surface area (Å²) in [6.45, 7) is 0. The average molecular weight is 325 g/mol. The highest BCUT2D eigenvalue weighted by Crippen LogP contribution is 2.28. The van der Waals surface area contributed by atoms with Gasteiger partial charge in [-0.1, -0.05) is 11.3 Å². The van der Waals surface area contributed by atoms with E-state index in [9.17, 15) is 13.2 Å². The first-order valence-corrected chi connectivity index (χ1v) is 9.31. The third kappa shape index (κ3) is 3.16. The lowest BCUT2D eigenvalue weighted by atomic mass is 9.93. The lowest BCUT2D eigenvalue weighted by molar-refractivity contribution is 0.240. The molecule has 112 valence electrons. The quantitative estimate of drug-likeness (QED) is 0.907. The number of amides is 2. The van der Waals surface area contributed by atoms with Gasteiger partial charge in [-0.05, 0) is 37.5 Å². The standard InChI is InChI=1S/C13H15N3O3S2/c1-21(18,19)9-5-6-10-11(7-9)20-13(15-10)16-12(17)14-8-3-2-4-8/h5-8H,2-4H2,1H3,(H2,14,15,16,17). The summed E-state index contributed by atoms with van der Waals surface area (Å²) < 4.78 is 23.8. The molecule has 1 fully saturated rings. The van der Waals surface area contributed by atoms with E-state index in [0.29, 0.717) is 10.6 Å². The molecule has 0 unspecified atom stereocenters. The summed E-state index contributed by atoms with van der Waals surface area (Å²) in [7, 11) is -3.24. The molecule has 6 nitrogen and oxygen atoms in total. The predicted octanol–water partition coefficient (Wildman–Crippen LogP) is 2.37. The summed E-state index contributed by atoms with van der Waals surface area (Å²) in [6, 6.07) is 4.75. The fourth-order valence-electron chi connectivity index (χ4n) is 2.06. The van der Waals surface area contributed by atoms with Crippen molar-refractivity contribution in [1.29, 1.82) is 0 Å². The van der Waals surface area contributed by atoms with Gasteiger partial charge in [0.25, 0.3) is 0 Å². The highest BCUT2D eigenvalue weighted by Gasteiger charge is 2.20. The van der Waals surface area contributed by atoms with Gasteiger partial charge in [0.05, 0.1) is 15.1 Å². The molecule has 2 amide bonds. The number of nitrogens with one attached hydrogen (secondary N) is 2. The molecule has 1 aromatic carbocycles. The van der Waals surface area contributed by atoms with Gasteiger partial charge in [-0.15, -0.1) is 0 Å². The highest BCUT2D eigenvalue weighted by atomic mass is 32.2. The van der Waals surface area contributed by atoms with E-state index in [-0.39, 0.29) is 17.0 Å². The monoisotopic (exact) mass is 325 g/mol. The number of rotatable bonds is 3. The molecule has 0 radical (unpaired) electrons. The van der Waals surface area contributed by atoms with Gasteiger partial charge in [-0.3, -0.25) is 5.32 Å². The van der Waals surface area contributed by atoms with Crippen LogP contribution in [0.2, 0.25) is 0 Å². The second-order valence-corrected chi connectivity index (χ2v) is 8.19. The van der Waals surface area contributed by atoms with Gasteiger partial charge >= 0.3 is 6.03 Å². The average Bonchev–Trinajstić information content (AvgIpc) is 2.73. The van der Waals surface area contributed by atoms with Crippen molar-refractivity contribution in [2.75, 3.05) is 11.6 Å². The number of carbonyl (C=O) groups excluding carboxylic acids is 1. The Morgan fingerprint density at radius 2 is 2.14 bits per heavy atom. The molecule has 0 saturated heterocycles. The van der Waals surface area contributed by atoms with E-state index >= 15 is 0 Å². The zero-order valence-electron chi connectivity index (χ0n) is 11.4. The maximum atomic E-state index is 11.8. The minimum Gasteiger partial charge on any atom is -0.335 e. The Hall–Kier alpha value is -1.67. The first kappa shape index (κ1) is 14.3. The van der Waals surface area contributed by atoms with Gasteiger partial charge in [-0.25, -0.2) is 18.2 Å². The van der Waals surface area contributed by atoms with E-state index < -0.39 is 9.84 Å². The van der Waals surface area contributed by atoms with Crippen LogP contribution in [0.25, 0.3) is 10.2 Å². The number of hydrogen-bond donors (Lipinski definition) is 2. The second kappa shape index (κ2) is 5.27. The molecule has 0 atom stereocenters. The summed E-state index contributed by atoms with van der Waals surface area (Å²) in [5, 5.41) is 6.03. The third-order valence-corrected chi connectivity index (χ3v) is 5.49. The van der Waals surface area contributed by atoms with Crippen LogP contribution in [0.3, 0.4) is 0 Å². The highest BCUT2D eigenvalue weighted by molar-refractivity contribution is 7.90. The van der Waals surface area contributed by atoms with Gasteiger partial charge in [-0.2, -0.15) is 0 Å². The van der Waals surface area contributed by atoms with Crippen molar-refractivity contribution >= 4 is 42.6 Å². The molecule has 1 aromatic heterocycles. The maximum absolute atomic E-state index is 11.8. The molecule has 1 saturated carbocycles. The van der Waals surface area contributed by atoms with Crippen LogP contribution in [0.15, 0.2) is 23.1 Å². The Balaban J connectivity index is 1.78. The van der Waals surface area contributed by atoms with Crippen LogP contribution in [0.1, 0.15) is 19.3 Å². The van der Waals surface area contributed by atoms with Crippen molar-refractivity contribution in [3.8, 4) is 0 Å². The fraction of sp³-hybridized carbons (Fsp3) is 0.385. The summed E-state index contributed by atoms with van der Waals surface area (Å²) in [4.78, 5) is 16.3. The molecular formula is C13H15N3O3S2. The fourth-order valence-corrected chi connectivity index (χ4v) is 3.68. The van der Waals surface area contributed by atoms with Gasteiger partial charge in [0, 0.05) is 12.3 Å². The Bertz CT molecular complexity index is 794. The van der Waals surface area contributed by atoms with Crippen LogP contribution < -0.4 is 10.6 Å². The molecular weight excluding hydrogens is 310 g/mol. The number of nitrogens with zero attached hydrogens (tertiary/aromatic N) is 1. The zero-order valence-corrected chi connectivity index (χ0v) is 13.1. The largest absolute Gasteiger partial charge is 0.335 e. The topological polar surface area (TPSA) is 88.2 Å². The van der Waals surface area contributed by atoms with Crippen LogP contribution >= 0.6 is 11.3 Å². The lowest BCUT2D eigenvalue weighted by Gasteiger charge is -2.26. The Morgan fingerprint density at radius 1 is 1.38 bits per heavy atom. The van der Waals surface area contributed by atoms with Crippen LogP contribution in [0.5, 0.6) is 0 Å². The summed E-state index contributed by atoms with van der Waals surface area (Å²) in [5.41, 5.74) is 0.673. The molecule has 2 N–H and O–H groups in total. The van der Waals surface area contributed by atoms with E-state index in [4.69, 9.17) is 0 Å². The number of thiazole rings is 1. The summed E-state index contributed by atoms with van der Waals surface area (Å²) in [5.74, 6) is 0. The van der Waals surface area contributed by atoms with Gasteiger partial charge in [0.2, 0.25) is 0 Å². The van der Waals surface area contributed by atoms with Gasteiger partial charge in [0.1, 0.15) is 0 Å². The summed E-state index contributed by atoms with van der Waals surface area (Å²) >= 11 is 1.26. The minimum atomic E-state index is -3.24. The number of fused-ring (bicyclic) bond motifs is 1. The third-order valence-electron chi connectivity index (χ3n) is 3.45. The maximum Gasteiger partial charge on any atom is 0.321 e. The van der Waals surface area contributed by atoms with Crippen molar-refractivity contribution in [1.82, 2.24) is 10.3 Å². The number of anilines is 1. The second-order valence-electron chi connectivity index (χ2n) is 5.15. The lowest BCUT2D eigenvalue weighted by Crippen LogP contribution is -2.41. The molecule has 3 rings (SSSR count). The molecule has 0 bridgehead atoms. The van der Waals surface area contributed by atoms with Crippen LogP contribution in [0.4, 0.5) is 9.93 Å². The summed E-state index contributed by atoms with van der Waals surface area (Å²) in [6.07, 6.45) is 4.36. The van der Waals surface area contributed by atoms with Gasteiger partial charge < -0.3 is 5.32 Å². The van der Waals surface area contributed by atoms with E-state index in [1.165, 1.54) is 23.7 Å². The number of sulfone groups is 1. The van der Waals surface area contributed by atoms with E-state index in [0.717, 1.165) is 24.0 Å². The molecule has 8 heteroatoms. The Kier molecular flexibility index (Phi) is 3.58. The zero-order chi connectivity index (χ0) is 15.0. The molecule has 1 aliphatic rings. The molecule has 1 aliphatic carbocycles. The van der Waals surface area contributed by atoms with Crippen molar-refractivity contribution in [3.05, 3.63) is 18.2 Å². The first-order valence-electron chi connectivity index (χ1n) is 6.60. The number of aromatic nitrogens is 1. The number of urea groups is 1. The molecule has 0 spiro atoms. The molecule has 1 heterocycles. The first-order chi connectivity index (χ1) is 9.91. The van der Waals surface area contributed by atoms with Crippen molar-refractivity contribution in [3.63, 3.8) is 0 Å². The number of carbonyl (C=O) groups is 1. The van der Waals surface area contributed by atoms with E-state index in [2.05, 4.69) is 15.6 Å². The predicted molar refractivity (Wildman–Crippen MR) is 82.5 cm³/mol. The molecule has 2 aromatic rings. The van der Waals surface area contributed by atoms with Crippen molar-refractivity contribution in [2.45, 2.75) is 30.2 Å². The van der Waals surface area contributed by atoms with Crippen LogP contribution in [-0.2, 0) is 9.84 Å². The van der Waals surface area contributed by atoms with E-state index in [1.54, 1.807) is 12.1 Å². The minimum absolute atomic E-state index is 0.254. The van der Waals surface area contributed by atoms with Gasteiger partial charge in [0.15, 0.2) is 15.0 Å². The van der Waals surface area contributed by atoms with Crippen LogP contribution in [0, 0.1) is 0 Å².